The van der Waals surface area contributed by atoms with Gasteiger partial charge in [0.2, 0.25) is 0 Å². The molecule has 0 saturated carbocycles. The van der Waals surface area contributed by atoms with E-state index in [0.29, 0.717) is 6.04 Å². The minimum absolute atomic E-state index is 0.372. The fourth-order valence-corrected chi connectivity index (χ4v) is 4.35. The molecule has 3 heterocycles. The molecule has 28 heavy (non-hydrogen) atoms. The van der Waals surface area contributed by atoms with Crippen molar-refractivity contribution in [3.8, 4) is 0 Å². The summed E-state index contributed by atoms with van der Waals surface area (Å²) in [6.45, 7) is 7.21. The van der Waals surface area contributed by atoms with E-state index in [9.17, 15) is 0 Å². The van der Waals surface area contributed by atoms with Crippen LogP contribution in [0.1, 0.15) is 48.6 Å². The maximum absolute atomic E-state index is 4.84. The summed E-state index contributed by atoms with van der Waals surface area (Å²) in [5, 5.41) is 0. The van der Waals surface area contributed by atoms with Crippen LogP contribution in [-0.4, -0.2) is 65.0 Å². The van der Waals surface area contributed by atoms with Crippen LogP contribution in [0.2, 0.25) is 0 Å². The van der Waals surface area contributed by atoms with Crippen molar-refractivity contribution in [1.82, 2.24) is 24.8 Å². The van der Waals surface area contributed by atoms with E-state index in [1.165, 1.54) is 17.7 Å². The standard InChI is InChI=1S/C22H32N6/c1-4-20-24-18(15-21(25-20)28-13-11-26(2)12-14-28)16-27(3)19-9-5-7-17-8-6-10-23-22(17)19/h6,8,10,15,19H,4-5,7,9,11-14,16H2,1-3H3. The topological polar surface area (TPSA) is 48.4 Å². The summed E-state index contributed by atoms with van der Waals surface area (Å²) in [6.07, 6.45) is 6.33. The molecule has 1 saturated heterocycles. The molecule has 4 rings (SSSR count). The number of anilines is 1. The molecule has 0 spiro atoms. The molecular formula is C22H32N6. The third-order valence-corrected chi connectivity index (χ3v) is 6.06. The molecule has 6 heteroatoms. The third kappa shape index (κ3) is 4.18. The zero-order valence-electron chi connectivity index (χ0n) is 17.4. The van der Waals surface area contributed by atoms with Gasteiger partial charge in [0.1, 0.15) is 11.6 Å². The van der Waals surface area contributed by atoms with E-state index in [-0.39, 0.29) is 0 Å². The second-order valence-corrected chi connectivity index (χ2v) is 8.15. The molecule has 0 radical (unpaired) electrons. The highest BCUT2D eigenvalue weighted by molar-refractivity contribution is 5.40. The van der Waals surface area contributed by atoms with Gasteiger partial charge in [0.05, 0.1) is 17.4 Å². The zero-order valence-corrected chi connectivity index (χ0v) is 17.4. The summed E-state index contributed by atoms with van der Waals surface area (Å²) in [6, 6.07) is 6.86. The number of aryl methyl sites for hydroxylation is 2. The summed E-state index contributed by atoms with van der Waals surface area (Å²) in [5.41, 5.74) is 3.77. The third-order valence-electron chi connectivity index (χ3n) is 6.06. The van der Waals surface area contributed by atoms with E-state index in [1.54, 1.807) is 0 Å². The first kappa shape index (κ1) is 19.3. The number of aromatic nitrogens is 3. The van der Waals surface area contributed by atoms with Crippen molar-refractivity contribution in [3.63, 3.8) is 0 Å². The van der Waals surface area contributed by atoms with Gasteiger partial charge < -0.3 is 9.80 Å². The number of hydrogen-bond acceptors (Lipinski definition) is 6. The van der Waals surface area contributed by atoms with Crippen molar-refractivity contribution < 1.29 is 0 Å². The smallest absolute Gasteiger partial charge is 0.132 e. The van der Waals surface area contributed by atoms with Crippen LogP contribution in [0.15, 0.2) is 24.4 Å². The first-order valence-corrected chi connectivity index (χ1v) is 10.6. The Morgan fingerprint density at radius 2 is 2.00 bits per heavy atom. The summed E-state index contributed by atoms with van der Waals surface area (Å²) in [4.78, 5) is 21.6. The van der Waals surface area contributed by atoms with E-state index in [2.05, 4.69) is 53.9 Å². The highest BCUT2D eigenvalue weighted by Crippen LogP contribution is 2.32. The zero-order chi connectivity index (χ0) is 19.5. The number of hydrogen-bond donors (Lipinski definition) is 0. The molecule has 2 aromatic rings. The number of likely N-dealkylation sites (N-methyl/N-ethyl adjacent to an activating group) is 1. The molecule has 6 nitrogen and oxygen atoms in total. The van der Waals surface area contributed by atoms with Crippen LogP contribution in [0.3, 0.4) is 0 Å². The lowest BCUT2D eigenvalue weighted by Gasteiger charge is -2.34. The van der Waals surface area contributed by atoms with E-state index in [0.717, 1.165) is 69.3 Å². The lowest BCUT2D eigenvalue weighted by molar-refractivity contribution is 0.206. The minimum Gasteiger partial charge on any atom is -0.354 e. The Kier molecular flexibility index (Phi) is 5.87. The van der Waals surface area contributed by atoms with Crippen LogP contribution < -0.4 is 4.90 Å². The van der Waals surface area contributed by atoms with Crippen LogP contribution in [0.5, 0.6) is 0 Å². The van der Waals surface area contributed by atoms with Crippen LogP contribution in [0.4, 0.5) is 5.82 Å². The molecule has 2 aliphatic rings. The van der Waals surface area contributed by atoms with Crippen molar-refractivity contribution in [2.45, 2.75) is 45.2 Å². The highest BCUT2D eigenvalue weighted by atomic mass is 15.3. The van der Waals surface area contributed by atoms with Crippen molar-refractivity contribution >= 4 is 5.82 Å². The SMILES string of the molecule is CCc1nc(CN(C)C2CCCc3cccnc32)cc(N2CCN(C)CC2)n1. The van der Waals surface area contributed by atoms with Gasteiger partial charge >= 0.3 is 0 Å². The van der Waals surface area contributed by atoms with E-state index < -0.39 is 0 Å². The van der Waals surface area contributed by atoms with Gasteiger partial charge in [0.25, 0.3) is 0 Å². The van der Waals surface area contributed by atoms with Crippen LogP contribution in [0, 0.1) is 0 Å². The monoisotopic (exact) mass is 380 g/mol. The Labute approximate surface area is 168 Å². The van der Waals surface area contributed by atoms with Crippen LogP contribution >= 0.6 is 0 Å². The lowest BCUT2D eigenvalue weighted by Crippen LogP contribution is -2.45. The summed E-state index contributed by atoms with van der Waals surface area (Å²) < 4.78 is 0. The molecule has 1 unspecified atom stereocenters. The summed E-state index contributed by atoms with van der Waals surface area (Å²) >= 11 is 0. The highest BCUT2D eigenvalue weighted by Gasteiger charge is 2.25. The molecule has 1 atom stereocenters. The first-order chi connectivity index (χ1) is 13.6. The largest absolute Gasteiger partial charge is 0.354 e. The molecule has 0 N–H and O–H groups in total. The normalized spacial score (nSPS) is 20.4. The quantitative estimate of drug-likeness (QED) is 0.795. The number of pyridine rings is 1. The Morgan fingerprint density at radius 3 is 2.79 bits per heavy atom. The molecule has 150 valence electrons. The molecule has 1 aliphatic carbocycles. The van der Waals surface area contributed by atoms with Gasteiger partial charge in [-0.15, -0.1) is 0 Å². The molecule has 0 bridgehead atoms. The molecule has 0 amide bonds. The number of nitrogens with zero attached hydrogens (tertiary/aromatic N) is 6. The first-order valence-electron chi connectivity index (χ1n) is 10.6. The van der Waals surface area contributed by atoms with Crippen LogP contribution in [-0.2, 0) is 19.4 Å². The van der Waals surface area contributed by atoms with Gasteiger partial charge in [-0.05, 0) is 45.0 Å². The summed E-state index contributed by atoms with van der Waals surface area (Å²) in [7, 11) is 4.39. The Morgan fingerprint density at radius 1 is 1.18 bits per heavy atom. The maximum atomic E-state index is 4.84. The van der Waals surface area contributed by atoms with Gasteiger partial charge in [0, 0.05) is 51.4 Å². The number of piperazine rings is 1. The predicted molar refractivity (Wildman–Crippen MR) is 113 cm³/mol. The molecule has 1 aliphatic heterocycles. The summed E-state index contributed by atoms with van der Waals surface area (Å²) in [5.74, 6) is 2.03. The lowest BCUT2D eigenvalue weighted by atomic mass is 9.91. The number of rotatable bonds is 5. The number of fused-ring (bicyclic) bond motifs is 1. The van der Waals surface area contributed by atoms with E-state index >= 15 is 0 Å². The Hall–Kier alpha value is -2.05. The minimum atomic E-state index is 0.372. The molecule has 0 aromatic carbocycles. The van der Waals surface area contributed by atoms with Crippen LogP contribution in [0.25, 0.3) is 0 Å². The fraction of sp³-hybridized carbons (Fsp3) is 0.591. The van der Waals surface area contributed by atoms with Gasteiger partial charge in [-0.2, -0.15) is 0 Å². The molecule has 1 fully saturated rings. The predicted octanol–water partition coefficient (Wildman–Crippen LogP) is 2.70. The Bertz CT molecular complexity index is 799. The molecule has 2 aromatic heterocycles. The second-order valence-electron chi connectivity index (χ2n) is 8.15. The van der Waals surface area contributed by atoms with Gasteiger partial charge in [-0.3, -0.25) is 9.88 Å². The van der Waals surface area contributed by atoms with Crippen molar-refractivity contribution in [2.75, 3.05) is 45.2 Å². The average molecular weight is 381 g/mol. The van der Waals surface area contributed by atoms with Crippen molar-refractivity contribution in [1.29, 1.82) is 0 Å². The average Bonchev–Trinajstić information content (AvgIpc) is 2.73. The van der Waals surface area contributed by atoms with Gasteiger partial charge in [0.15, 0.2) is 0 Å². The second kappa shape index (κ2) is 8.53. The van der Waals surface area contributed by atoms with Gasteiger partial charge in [-0.1, -0.05) is 13.0 Å². The van der Waals surface area contributed by atoms with Crippen molar-refractivity contribution in [2.24, 2.45) is 0 Å². The van der Waals surface area contributed by atoms with E-state index in [1.807, 2.05) is 6.20 Å². The Balaban J connectivity index is 1.53. The van der Waals surface area contributed by atoms with Gasteiger partial charge in [-0.25, -0.2) is 9.97 Å². The fourth-order valence-electron chi connectivity index (χ4n) is 4.35. The van der Waals surface area contributed by atoms with E-state index in [4.69, 9.17) is 15.0 Å². The van der Waals surface area contributed by atoms with Crippen molar-refractivity contribution in [3.05, 3.63) is 47.2 Å². The maximum Gasteiger partial charge on any atom is 0.132 e. The molecular weight excluding hydrogens is 348 g/mol.